The monoisotopic (exact) mass is 489 g/mol. The Kier molecular flexibility index (Phi) is 5.70. The maximum Gasteiger partial charge on any atom is 0.294 e. The molecule has 5 rings (SSSR count). The number of aliphatic hydroxyl groups is 1. The lowest BCUT2D eigenvalue weighted by molar-refractivity contribution is -0.117. The minimum absolute atomic E-state index is 0.224. The molecule has 3 heterocycles. The van der Waals surface area contributed by atoms with Gasteiger partial charge in [-0.15, -0.1) is 11.3 Å². The van der Waals surface area contributed by atoms with Gasteiger partial charge in [-0.25, -0.2) is 13.8 Å². The Balaban J connectivity index is 1.64. The van der Waals surface area contributed by atoms with E-state index in [4.69, 9.17) is 0 Å². The topological polar surface area (TPSA) is 83.4 Å². The van der Waals surface area contributed by atoms with Crippen LogP contribution in [0.25, 0.3) is 10.6 Å². The van der Waals surface area contributed by atoms with Gasteiger partial charge in [0.15, 0.2) is 5.76 Å². The molecule has 6 nitrogen and oxygen atoms in total. The molecule has 1 amide bonds. The quantitative estimate of drug-likeness (QED) is 0.371. The second kappa shape index (κ2) is 8.84. The van der Waals surface area contributed by atoms with E-state index in [1.54, 1.807) is 19.1 Å². The van der Waals surface area contributed by atoms with Crippen LogP contribution in [-0.2, 0) is 4.79 Å². The fourth-order valence-electron chi connectivity index (χ4n) is 4.05. The molecule has 1 N–H and O–H groups in total. The van der Waals surface area contributed by atoms with Crippen LogP contribution in [0.5, 0.6) is 0 Å². The molecule has 2 aromatic heterocycles. The number of pyridine rings is 1. The molecular formula is C26H17F2N3O3S. The van der Waals surface area contributed by atoms with Gasteiger partial charge in [-0.1, -0.05) is 36.4 Å². The number of halogens is 2. The molecule has 0 bridgehead atoms. The molecule has 0 fully saturated rings. The summed E-state index contributed by atoms with van der Waals surface area (Å²) in [5, 5.41) is 11.5. The van der Waals surface area contributed by atoms with Crippen molar-refractivity contribution in [1.29, 1.82) is 0 Å². The highest BCUT2D eigenvalue weighted by atomic mass is 32.1. The first-order chi connectivity index (χ1) is 16.9. The molecular weight excluding hydrogens is 472 g/mol. The van der Waals surface area contributed by atoms with Gasteiger partial charge in [0.05, 0.1) is 27.9 Å². The highest BCUT2D eigenvalue weighted by Crippen LogP contribution is 2.43. The molecule has 2 aromatic carbocycles. The zero-order chi connectivity index (χ0) is 24.7. The maximum atomic E-state index is 14.8. The Morgan fingerprint density at radius 3 is 2.54 bits per heavy atom. The van der Waals surface area contributed by atoms with E-state index in [2.05, 4.69) is 9.97 Å². The summed E-state index contributed by atoms with van der Waals surface area (Å²) in [5.74, 6) is -4.21. The maximum absolute atomic E-state index is 14.8. The number of aliphatic hydroxyl groups excluding tert-OH is 1. The Hall–Kier alpha value is -4.24. The molecule has 0 saturated carbocycles. The van der Waals surface area contributed by atoms with Crippen LogP contribution >= 0.6 is 11.3 Å². The van der Waals surface area contributed by atoms with E-state index in [1.165, 1.54) is 12.4 Å². The molecule has 0 radical (unpaired) electrons. The number of ketones is 1. The summed E-state index contributed by atoms with van der Waals surface area (Å²) in [6.07, 6.45) is 2.93. The van der Waals surface area contributed by atoms with Crippen molar-refractivity contribution in [1.82, 2.24) is 9.97 Å². The zero-order valence-electron chi connectivity index (χ0n) is 18.3. The highest BCUT2D eigenvalue weighted by molar-refractivity contribution is 7.17. The number of carbonyl (C=O) groups excluding carboxylic acids is 2. The minimum atomic E-state index is -1.18. The number of anilines is 1. The summed E-state index contributed by atoms with van der Waals surface area (Å²) in [7, 11) is 0. The van der Waals surface area contributed by atoms with Gasteiger partial charge in [-0.05, 0) is 30.7 Å². The van der Waals surface area contributed by atoms with Gasteiger partial charge < -0.3 is 5.11 Å². The van der Waals surface area contributed by atoms with Crippen molar-refractivity contribution >= 4 is 28.7 Å². The Morgan fingerprint density at radius 2 is 1.86 bits per heavy atom. The third-order valence-corrected chi connectivity index (χ3v) is 6.85. The zero-order valence-corrected chi connectivity index (χ0v) is 19.1. The van der Waals surface area contributed by atoms with Gasteiger partial charge in [0.1, 0.15) is 16.6 Å². The summed E-state index contributed by atoms with van der Waals surface area (Å²) >= 11 is 1.14. The molecule has 174 valence electrons. The molecule has 1 aliphatic heterocycles. The Labute approximate surface area is 202 Å². The summed E-state index contributed by atoms with van der Waals surface area (Å²) < 4.78 is 28.3. The SMILES string of the molecule is Cc1nc(-c2ccccc2)sc1C(=O)C1=C(O)C(=O)N(c2ccc(F)cc2F)C1c1cccnc1. The van der Waals surface area contributed by atoms with Gasteiger partial charge in [-0.3, -0.25) is 19.5 Å². The average Bonchev–Trinajstić information content (AvgIpc) is 3.37. The van der Waals surface area contributed by atoms with Gasteiger partial charge in [0.2, 0.25) is 5.78 Å². The molecule has 0 saturated heterocycles. The summed E-state index contributed by atoms with van der Waals surface area (Å²) in [6, 6.07) is 14.1. The van der Waals surface area contributed by atoms with E-state index in [0.29, 0.717) is 22.3 Å². The lowest BCUT2D eigenvalue weighted by Gasteiger charge is -2.26. The number of thiazole rings is 1. The van der Waals surface area contributed by atoms with Crippen LogP contribution in [0.2, 0.25) is 0 Å². The van der Waals surface area contributed by atoms with Crippen molar-refractivity contribution < 1.29 is 23.5 Å². The Morgan fingerprint density at radius 1 is 1.09 bits per heavy atom. The van der Waals surface area contributed by atoms with E-state index in [0.717, 1.165) is 33.9 Å². The van der Waals surface area contributed by atoms with Crippen LogP contribution in [0.3, 0.4) is 0 Å². The number of carbonyl (C=O) groups is 2. The molecule has 1 atom stereocenters. The lowest BCUT2D eigenvalue weighted by Crippen LogP contribution is -2.32. The smallest absolute Gasteiger partial charge is 0.294 e. The van der Waals surface area contributed by atoms with Crippen molar-refractivity contribution in [2.45, 2.75) is 13.0 Å². The first-order valence-electron chi connectivity index (χ1n) is 10.6. The standard InChI is InChI=1S/C26H17F2N3O3S/c1-14-24(35-25(30-14)15-6-3-2-4-7-15)22(32)20-21(16-8-5-11-29-13-16)31(26(34)23(20)33)19-10-9-17(27)12-18(19)28/h2-13,21,33H,1H3. The van der Waals surface area contributed by atoms with Crippen LogP contribution in [0.1, 0.15) is 27.0 Å². The molecule has 35 heavy (non-hydrogen) atoms. The summed E-state index contributed by atoms with van der Waals surface area (Å²) in [4.78, 5) is 36.7. The summed E-state index contributed by atoms with van der Waals surface area (Å²) in [6.45, 7) is 1.67. The number of benzene rings is 2. The van der Waals surface area contributed by atoms with Crippen LogP contribution in [-0.4, -0.2) is 26.8 Å². The third kappa shape index (κ3) is 3.89. The average molecular weight is 490 g/mol. The fourth-order valence-corrected chi connectivity index (χ4v) is 5.07. The molecule has 1 unspecified atom stereocenters. The predicted octanol–water partition coefficient (Wildman–Crippen LogP) is 5.57. The molecule has 0 spiro atoms. The second-order valence-electron chi connectivity index (χ2n) is 7.85. The van der Waals surface area contributed by atoms with Crippen LogP contribution in [0, 0.1) is 18.6 Å². The highest BCUT2D eigenvalue weighted by Gasteiger charge is 2.46. The van der Waals surface area contributed by atoms with Gasteiger partial charge in [0.25, 0.3) is 5.91 Å². The van der Waals surface area contributed by atoms with Crippen molar-refractivity contribution in [2.24, 2.45) is 0 Å². The molecule has 4 aromatic rings. The molecule has 9 heteroatoms. The van der Waals surface area contributed by atoms with Gasteiger partial charge in [-0.2, -0.15) is 0 Å². The number of aryl methyl sites for hydroxylation is 1. The van der Waals surface area contributed by atoms with Crippen LogP contribution in [0.4, 0.5) is 14.5 Å². The number of aromatic nitrogens is 2. The minimum Gasteiger partial charge on any atom is -0.503 e. The number of Topliss-reactive ketones (excluding diaryl/α,β-unsaturated/α-hetero) is 1. The largest absolute Gasteiger partial charge is 0.503 e. The predicted molar refractivity (Wildman–Crippen MR) is 127 cm³/mol. The van der Waals surface area contributed by atoms with E-state index in [-0.39, 0.29) is 16.1 Å². The first-order valence-corrected chi connectivity index (χ1v) is 11.4. The van der Waals surface area contributed by atoms with Gasteiger partial charge >= 0.3 is 0 Å². The lowest BCUT2D eigenvalue weighted by atomic mass is 9.96. The van der Waals surface area contributed by atoms with E-state index in [9.17, 15) is 23.5 Å². The van der Waals surface area contributed by atoms with Crippen molar-refractivity contribution in [3.05, 3.63) is 112 Å². The molecule has 0 aliphatic carbocycles. The summed E-state index contributed by atoms with van der Waals surface area (Å²) in [5.41, 5.74) is 1.13. The fraction of sp³-hybridized carbons (Fsp3) is 0.0769. The van der Waals surface area contributed by atoms with E-state index < -0.39 is 35.1 Å². The number of nitrogens with zero attached hydrogens (tertiary/aromatic N) is 3. The first kappa shape index (κ1) is 22.5. The Bertz CT molecular complexity index is 1490. The number of hydrogen-bond donors (Lipinski definition) is 1. The normalized spacial score (nSPS) is 15.7. The van der Waals surface area contributed by atoms with Gasteiger partial charge in [0, 0.05) is 24.0 Å². The number of hydrogen-bond acceptors (Lipinski definition) is 6. The third-order valence-electron chi connectivity index (χ3n) is 5.65. The molecule has 1 aliphatic rings. The van der Waals surface area contributed by atoms with Crippen LogP contribution in [0.15, 0.2) is 84.4 Å². The van der Waals surface area contributed by atoms with Crippen molar-refractivity contribution in [3.8, 4) is 10.6 Å². The second-order valence-corrected chi connectivity index (χ2v) is 8.85. The van der Waals surface area contributed by atoms with Crippen LogP contribution < -0.4 is 4.90 Å². The van der Waals surface area contributed by atoms with E-state index in [1.807, 2.05) is 30.3 Å². The number of amides is 1. The van der Waals surface area contributed by atoms with E-state index >= 15 is 0 Å². The number of rotatable bonds is 5. The van der Waals surface area contributed by atoms with Crippen molar-refractivity contribution in [2.75, 3.05) is 4.90 Å². The van der Waals surface area contributed by atoms with Crippen molar-refractivity contribution in [3.63, 3.8) is 0 Å².